The van der Waals surface area contributed by atoms with Gasteiger partial charge < -0.3 is 15.2 Å². The van der Waals surface area contributed by atoms with Crippen molar-refractivity contribution in [3.8, 4) is 0 Å². The second kappa shape index (κ2) is 15.7. The van der Waals surface area contributed by atoms with Crippen molar-refractivity contribution in [1.82, 2.24) is 27.1 Å². The number of aliphatic hydroxyl groups excluding tert-OH is 1. The number of aliphatic hydroxyl groups is 1. The minimum atomic E-state index is -1.10. The van der Waals surface area contributed by atoms with Crippen LogP contribution in [0, 0.1) is 0 Å². The largest absolute Gasteiger partial charge is 0.465 e. The number of aryl methyl sites for hydroxylation is 1. The van der Waals surface area contributed by atoms with Crippen LogP contribution in [0.25, 0.3) is 5.57 Å². The van der Waals surface area contributed by atoms with Gasteiger partial charge in [0.2, 0.25) is 5.96 Å². The van der Waals surface area contributed by atoms with Gasteiger partial charge in [0.25, 0.3) is 0 Å². The molecule has 10 heteroatoms. The Hall–Kier alpha value is -3.63. The fraction of sp³-hybridized carbons (Fsp3) is 0.310. The van der Waals surface area contributed by atoms with Gasteiger partial charge in [-0.1, -0.05) is 78.9 Å². The summed E-state index contributed by atoms with van der Waals surface area (Å²) in [6.45, 7) is 8.00. The molecule has 2 aromatic rings. The molecule has 0 fully saturated rings. The third kappa shape index (κ3) is 9.88. The number of carbonyl (C=O) groups excluding carboxylic acids is 1. The van der Waals surface area contributed by atoms with Gasteiger partial charge in [-0.05, 0) is 67.5 Å². The molecule has 0 spiro atoms. The van der Waals surface area contributed by atoms with Crippen molar-refractivity contribution in [3.05, 3.63) is 101 Å². The molecule has 6 N–H and O–H groups in total. The predicted molar refractivity (Wildman–Crippen MR) is 156 cm³/mol. The van der Waals surface area contributed by atoms with Gasteiger partial charge in [-0.25, -0.2) is 5.53 Å². The molecule has 0 bridgehead atoms. The molecule has 1 heterocycles. The van der Waals surface area contributed by atoms with Gasteiger partial charge in [-0.3, -0.25) is 15.5 Å². The van der Waals surface area contributed by atoms with Crippen molar-refractivity contribution in [2.75, 3.05) is 6.61 Å². The quantitative estimate of drug-likeness (QED) is 0.120. The summed E-state index contributed by atoms with van der Waals surface area (Å²) in [5.41, 5.74) is 11.9. The molecule has 3 atom stereocenters. The summed E-state index contributed by atoms with van der Waals surface area (Å²) in [5.74, 6) is -0.0572. The van der Waals surface area contributed by atoms with E-state index in [2.05, 4.69) is 38.8 Å². The number of nitrogens with zero attached hydrogens (tertiary/aromatic N) is 1. The molecule has 0 saturated carbocycles. The first-order valence-electron chi connectivity index (χ1n) is 12.9. The van der Waals surface area contributed by atoms with Crippen LogP contribution < -0.4 is 27.1 Å². The lowest BCUT2D eigenvalue weighted by atomic mass is 9.99. The molecule has 0 aliphatic carbocycles. The summed E-state index contributed by atoms with van der Waals surface area (Å²) in [7, 11) is 0. The van der Waals surface area contributed by atoms with E-state index < -0.39 is 18.3 Å². The van der Waals surface area contributed by atoms with E-state index in [1.807, 2.05) is 73.7 Å². The number of nitrogens with one attached hydrogen (secondary N) is 5. The maximum absolute atomic E-state index is 12.9. The number of rotatable bonds is 14. The molecular formula is C29H37ClN6O3. The van der Waals surface area contributed by atoms with Gasteiger partial charge >= 0.3 is 5.97 Å². The van der Waals surface area contributed by atoms with Gasteiger partial charge in [0, 0.05) is 5.02 Å². The molecule has 1 aliphatic rings. The normalized spacial score (nSPS) is 15.8. The molecule has 0 aromatic heterocycles. The van der Waals surface area contributed by atoms with Crippen LogP contribution in [0.15, 0.2) is 90.1 Å². The molecular weight excluding hydrogens is 516 g/mol. The van der Waals surface area contributed by atoms with Crippen LogP contribution in [0.5, 0.6) is 0 Å². The lowest BCUT2D eigenvalue weighted by molar-refractivity contribution is -0.146. The Kier molecular flexibility index (Phi) is 12.0. The Morgan fingerprint density at radius 1 is 1.21 bits per heavy atom. The number of halogens is 1. The van der Waals surface area contributed by atoms with Crippen LogP contribution >= 0.6 is 11.6 Å². The minimum Gasteiger partial charge on any atom is -0.465 e. The monoisotopic (exact) mass is 552 g/mol. The van der Waals surface area contributed by atoms with Crippen LogP contribution in [0.3, 0.4) is 0 Å². The Labute approximate surface area is 235 Å². The van der Waals surface area contributed by atoms with Crippen molar-refractivity contribution < 1.29 is 14.6 Å². The van der Waals surface area contributed by atoms with Crippen molar-refractivity contribution in [2.45, 2.75) is 51.4 Å². The maximum atomic E-state index is 12.9. The first-order chi connectivity index (χ1) is 18.9. The number of hydrogen-bond acceptors (Lipinski definition) is 9. The zero-order chi connectivity index (χ0) is 28.0. The maximum Gasteiger partial charge on any atom is 0.323 e. The first kappa shape index (κ1) is 29.9. The van der Waals surface area contributed by atoms with E-state index in [4.69, 9.17) is 16.3 Å². The van der Waals surface area contributed by atoms with Crippen LogP contribution in [0.4, 0.5) is 0 Å². The molecule has 1 aliphatic heterocycles. The zero-order valence-corrected chi connectivity index (χ0v) is 23.0. The summed E-state index contributed by atoms with van der Waals surface area (Å²) in [5, 5.41) is 22.0. The highest BCUT2D eigenvalue weighted by Gasteiger charge is 2.29. The van der Waals surface area contributed by atoms with Crippen LogP contribution in [0.1, 0.15) is 37.8 Å². The summed E-state index contributed by atoms with van der Waals surface area (Å²) >= 11 is 6.15. The number of hydrogen-bond donors (Lipinski definition) is 6. The van der Waals surface area contributed by atoms with Crippen LogP contribution in [-0.2, 0) is 16.0 Å². The zero-order valence-electron chi connectivity index (χ0n) is 22.3. The average molecular weight is 553 g/mol. The fourth-order valence-electron chi connectivity index (χ4n) is 4.03. The number of benzene rings is 2. The van der Waals surface area contributed by atoms with Crippen LogP contribution in [-0.4, -0.2) is 42.0 Å². The summed E-state index contributed by atoms with van der Waals surface area (Å²) in [6.07, 6.45) is 6.09. The lowest BCUT2D eigenvalue weighted by Gasteiger charge is -2.29. The van der Waals surface area contributed by atoms with Crippen LogP contribution in [0.2, 0.25) is 5.02 Å². The van der Waals surface area contributed by atoms with Crippen molar-refractivity contribution in [3.63, 3.8) is 0 Å². The van der Waals surface area contributed by atoms with Gasteiger partial charge in [0.1, 0.15) is 12.3 Å². The fourth-order valence-corrected chi connectivity index (χ4v) is 4.22. The number of esters is 1. The predicted octanol–water partition coefficient (Wildman–Crippen LogP) is 3.56. The Bertz CT molecular complexity index is 1180. The molecule has 0 amide bonds. The van der Waals surface area contributed by atoms with Crippen molar-refractivity contribution >= 4 is 29.1 Å². The van der Waals surface area contributed by atoms with E-state index in [0.717, 1.165) is 22.3 Å². The Balaban J connectivity index is 1.82. The van der Waals surface area contributed by atoms with E-state index in [9.17, 15) is 9.90 Å². The Morgan fingerprint density at radius 3 is 2.67 bits per heavy atom. The van der Waals surface area contributed by atoms with E-state index in [-0.39, 0.29) is 12.6 Å². The summed E-state index contributed by atoms with van der Waals surface area (Å²) in [6, 6.07) is 16.3. The molecule has 39 heavy (non-hydrogen) atoms. The first-order valence-corrected chi connectivity index (χ1v) is 13.3. The van der Waals surface area contributed by atoms with Gasteiger partial charge in [0.15, 0.2) is 0 Å². The highest BCUT2D eigenvalue weighted by Crippen LogP contribution is 2.20. The minimum absolute atomic E-state index is 0.261. The topological polar surface area (TPSA) is 119 Å². The van der Waals surface area contributed by atoms with Crippen molar-refractivity contribution in [2.24, 2.45) is 5.10 Å². The van der Waals surface area contributed by atoms with Crippen molar-refractivity contribution in [1.29, 1.82) is 0 Å². The number of hydrazone groups is 1. The molecule has 9 nitrogen and oxygen atoms in total. The highest BCUT2D eigenvalue weighted by atomic mass is 35.5. The third-order valence-corrected chi connectivity index (χ3v) is 6.40. The molecule has 0 saturated heterocycles. The molecule has 208 valence electrons. The molecule has 0 unspecified atom stereocenters. The smallest absolute Gasteiger partial charge is 0.323 e. The standard InChI is InChI=1S/C29H37ClN6O3/c1-4-21(15-14-20(3)23-12-9-13-24(30)19-23)18-26(27(37)32-29-33-35-36-34-29)31-25(28(38)39-5-2)17-16-22-10-7-6-8-11-22/h4,6-15,19,25-27,31,35-37H,1,5,16-18H2,2-3H3,(H2,32,33,34)/b20-14+,21-15+/t25-,26-,27+/m0/s1. The number of allylic oxidation sites excluding steroid dienone is 4. The summed E-state index contributed by atoms with van der Waals surface area (Å²) in [4.78, 5) is 12.9. The van der Waals surface area contributed by atoms with E-state index in [1.54, 1.807) is 13.0 Å². The number of carbonyl (C=O) groups is 1. The second-order valence-electron chi connectivity index (χ2n) is 9.02. The van der Waals surface area contributed by atoms with E-state index in [1.165, 1.54) is 0 Å². The van der Waals surface area contributed by atoms with Gasteiger partial charge in [0.05, 0.1) is 12.6 Å². The van der Waals surface area contributed by atoms with Gasteiger partial charge in [-0.15, -0.1) is 10.6 Å². The SMILES string of the molecule is C=C/C(=C\C=C(/C)c1cccc(Cl)c1)C[C@H](N[C@@H](CCc1ccccc1)C(=O)OCC)[C@@H](O)NC1=NNNN1. The number of hydrazine groups is 2. The second-order valence-corrected chi connectivity index (χ2v) is 9.46. The Morgan fingerprint density at radius 2 is 2.00 bits per heavy atom. The number of guanidine groups is 1. The average Bonchev–Trinajstić information content (AvgIpc) is 3.45. The summed E-state index contributed by atoms with van der Waals surface area (Å²) < 4.78 is 5.36. The molecule has 0 radical (unpaired) electrons. The molecule has 3 rings (SSSR count). The van der Waals surface area contributed by atoms with E-state index in [0.29, 0.717) is 30.2 Å². The van der Waals surface area contributed by atoms with Gasteiger partial charge in [-0.2, -0.15) is 0 Å². The number of ether oxygens (including phenoxy) is 1. The van der Waals surface area contributed by atoms with E-state index >= 15 is 0 Å². The molecule has 2 aromatic carbocycles. The third-order valence-electron chi connectivity index (χ3n) is 6.17. The lowest BCUT2D eigenvalue weighted by Crippen LogP contribution is -2.57. The highest BCUT2D eigenvalue weighted by molar-refractivity contribution is 6.30.